The SMILES string of the molecule is COC(=O)c1ccc(-c2nc(-c3ccccc3)nc(-c3ccc(C)cc3O)n2)cc1C. The van der Waals surface area contributed by atoms with Crippen LogP contribution in [0.4, 0.5) is 0 Å². The van der Waals surface area contributed by atoms with Crippen LogP contribution in [-0.2, 0) is 4.74 Å². The Labute approximate surface area is 180 Å². The molecule has 0 aliphatic heterocycles. The van der Waals surface area contributed by atoms with Gasteiger partial charge in [-0.3, -0.25) is 0 Å². The number of methoxy groups -OCH3 is 1. The first-order valence-electron chi connectivity index (χ1n) is 9.77. The maximum absolute atomic E-state index is 11.9. The lowest BCUT2D eigenvalue weighted by molar-refractivity contribution is 0.0600. The number of phenolic OH excluding ortho intramolecular Hbond substituents is 1. The molecule has 31 heavy (non-hydrogen) atoms. The molecular formula is C25H21N3O3. The summed E-state index contributed by atoms with van der Waals surface area (Å²) in [7, 11) is 1.36. The Hall–Kier alpha value is -4.06. The number of hydrogen-bond acceptors (Lipinski definition) is 6. The number of benzene rings is 3. The molecule has 0 radical (unpaired) electrons. The van der Waals surface area contributed by atoms with E-state index >= 15 is 0 Å². The minimum absolute atomic E-state index is 0.105. The first kappa shape index (κ1) is 20.2. The van der Waals surface area contributed by atoms with Gasteiger partial charge in [0, 0.05) is 11.1 Å². The van der Waals surface area contributed by atoms with Gasteiger partial charge in [-0.25, -0.2) is 19.7 Å². The molecule has 154 valence electrons. The molecule has 0 amide bonds. The van der Waals surface area contributed by atoms with Gasteiger partial charge in [-0.2, -0.15) is 0 Å². The van der Waals surface area contributed by atoms with E-state index in [0.717, 1.165) is 22.3 Å². The quantitative estimate of drug-likeness (QED) is 0.477. The normalized spacial score (nSPS) is 10.7. The van der Waals surface area contributed by atoms with Gasteiger partial charge in [-0.15, -0.1) is 0 Å². The van der Waals surface area contributed by atoms with Gasteiger partial charge >= 0.3 is 5.97 Å². The van der Waals surface area contributed by atoms with Crippen LogP contribution in [-0.4, -0.2) is 33.1 Å². The van der Waals surface area contributed by atoms with Crippen molar-refractivity contribution in [2.24, 2.45) is 0 Å². The number of aromatic hydroxyl groups is 1. The second-order valence-electron chi connectivity index (χ2n) is 7.21. The Morgan fingerprint density at radius 2 is 1.48 bits per heavy atom. The van der Waals surface area contributed by atoms with Crippen LogP contribution in [0.5, 0.6) is 5.75 Å². The van der Waals surface area contributed by atoms with Crippen molar-refractivity contribution in [3.63, 3.8) is 0 Å². The molecule has 0 unspecified atom stereocenters. The topological polar surface area (TPSA) is 85.2 Å². The van der Waals surface area contributed by atoms with Crippen LogP contribution in [0.15, 0.2) is 66.7 Å². The third kappa shape index (κ3) is 4.14. The Morgan fingerprint density at radius 1 is 0.806 bits per heavy atom. The fourth-order valence-electron chi connectivity index (χ4n) is 3.31. The Morgan fingerprint density at radius 3 is 2.13 bits per heavy atom. The van der Waals surface area contributed by atoms with E-state index in [-0.39, 0.29) is 5.75 Å². The van der Waals surface area contributed by atoms with Crippen LogP contribution in [0.1, 0.15) is 21.5 Å². The van der Waals surface area contributed by atoms with E-state index in [9.17, 15) is 9.90 Å². The van der Waals surface area contributed by atoms with E-state index in [1.807, 2.05) is 56.3 Å². The van der Waals surface area contributed by atoms with Crippen LogP contribution >= 0.6 is 0 Å². The predicted molar refractivity (Wildman–Crippen MR) is 119 cm³/mol. The van der Waals surface area contributed by atoms with E-state index in [4.69, 9.17) is 4.74 Å². The van der Waals surface area contributed by atoms with E-state index in [0.29, 0.717) is 28.6 Å². The number of phenols is 1. The Bertz CT molecular complexity index is 1270. The van der Waals surface area contributed by atoms with Gasteiger partial charge in [0.2, 0.25) is 0 Å². The average molecular weight is 411 g/mol. The zero-order valence-corrected chi connectivity index (χ0v) is 17.5. The highest BCUT2D eigenvalue weighted by atomic mass is 16.5. The summed E-state index contributed by atoms with van der Waals surface area (Å²) in [5, 5.41) is 10.5. The summed E-state index contributed by atoms with van der Waals surface area (Å²) in [5.41, 5.74) is 4.27. The van der Waals surface area contributed by atoms with E-state index in [1.165, 1.54) is 7.11 Å². The van der Waals surface area contributed by atoms with Crippen molar-refractivity contribution in [2.45, 2.75) is 13.8 Å². The van der Waals surface area contributed by atoms with Crippen molar-refractivity contribution < 1.29 is 14.6 Å². The molecule has 3 aromatic carbocycles. The van der Waals surface area contributed by atoms with Crippen molar-refractivity contribution in [1.29, 1.82) is 0 Å². The Kier molecular flexibility index (Phi) is 5.45. The standard InChI is InChI=1S/C25H21N3O3/c1-15-9-11-20(21(29)13-15)24-27-22(17-7-5-4-6-8-17)26-23(28-24)18-10-12-19(16(2)14-18)25(30)31-3/h4-14,29H,1-3H3. The third-order valence-electron chi connectivity index (χ3n) is 4.95. The van der Waals surface area contributed by atoms with Gasteiger partial charge in [0.05, 0.1) is 18.2 Å². The van der Waals surface area contributed by atoms with Gasteiger partial charge in [0.15, 0.2) is 17.5 Å². The molecule has 0 aliphatic carbocycles. The highest BCUT2D eigenvalue weighted by Gasteiger charge is 2.16. The highest BCUT2D eigenvalue weighted by Crippen LogP contribution is 2.31. The molecule has 6 nitrogen and oxygen atoms in total. The minimum Gasteiger partial charge on any atom is -0.507 e. The van der Waals surface area contributed by atoms with Crippen LogP contribution in [0.25, 0.3) is 34.2 Å². The molecule has 0 spiro atoms. The summed E-state index contributed by atoms with van der Waals surface area (Å²) in [6.07, 6.45) is 0. The molecule has 0 saturated heterocycles. The van der Waals surface area contributed by atoms with E-state index in [2.05, 4.69) is 15.0 Å². The zero-order chi connectivity index (χ0) is 22.0. The second kappa shape index (κ2) is 8.36. The molecule has 0 bridgehead atoms. The predicted octanol–water partition coefficient (Wildman–Crippen LogP) is 4.98. The lowest BCUT2D eigenvalue weighted by atomic mass is 10.0. The van der Waals surface area contributed by atoms with Crippen molar-refractivity contribution in [1.82, 2.24) is 15.0 Å². The molecule has 0 saturated carbocycles. The van der Waals surface area contributed by atoms with Crippen molar-refractivity contribution >= 4 is 5.97 Å². The minimum atomic E-state index is -0.394. The van der Waals surface area contributed by atoms with Gasteiger partial charge in [-0.05, 0) is 49.2 Å². The summed E-state index contributed by atoms with van der Waals surface area (Å²) >= 11 is 0. The van der Waals surface area contributed by atoms with Crippen LogP contribution in [0.3, 0.4) is 0 Å². The van der Waals surface area contributed by atoms with E-state index < -0.39 is 5.97 Å². The molecule has 0 atom stereocenters. The number of ether oxygens (including phenoxy) is 1. The Balaban J connectivity index is 1.90. The smallest absolute Gasteiger partial charge is 0.338 e. The van der Waals surface area contributed by atoms with Crippen molar-refractivity contribution in [3.05, 3.63) is 83.4 Å². The third-order valence-corrected chi connectivity index (χ3v) is 4.95. The fraction of sp³-hybridized carbons (Fsp3) is 0.120. The molecule has 1 N–H and O–H groups in total. The summed E-state index contributed by atoms with van der Waals surface area (Å²) in [4.78, 5) is 25.8. The number of carbonyl (C=O) groups is 1. The highest BCUT2D eigenvalue weighted by molar-refractivity contribution is 5.91. The van der Waals surface area contributed by atoms with Crippen LogP contribution in [0.2, 0.25) is 0 Å². The molecule has 0 fully saturated rings. The zero-order valence-electron chi connectivity index (χ0n) is 17.5. The number of aryl methyl sites for hydroxylation is 2. The maximum atomic E-state index is 11.9. The number of rotatable bonds is 4. The van der Waals surface area contributed by atoms with Crippen molar-refractivity contribution in [3.8, 4) is 39.9 Å². The van der Waals surface area contributed by atoms with Gasteiger partial charge < -0.3 is 9.84 Å². The summed E-state index contributed by atoms with van der Waals surface area (Å²) in [6, 6.07) is 20.3. The molecule has 4 rings (SSSR count). The lowest BCUT2D eigenvalue weighted by Gasteiger charge is -2.11. The molecular weight excluding hydrogens is 390 g/mol. The average Bonchev–Trinajstić information content (AvgIpc) is 2.78. The molecule has 1 aromatic heterocycles. The second-order valence-corrected chi connectivity index (χ2v) is 7.21. The van der Waals surface area contributed by atoms with Gasteiger partial charge in [0.25, 0.3) is 0 Å². The van der Waals surface area contributed by atoms with Crippen molar-refractivity contribution in [2.75, 3.05) is 7.11 Å². The fourth-order valence-corrected chi connectivity index (χ4v) is 3.31. The molecule has 6 heteroatoms. The molecule has 4 aromatic rings. The molecule has 1 heterocycles. The number of nitrogens with zero attached hydrogens (tertiary/aromatic N) is 3. The maximum Gasteiger partial charge on any atom is 0.338 e. The number of esters is 1. The van der Waals surface area contributed by atoms with Gasteiger partial charge in [0.1, 0.15) is 5.75 Å². The number of carbonyl (C=O) groups excluding carboxylic acids is 1. The van der Waals surface area contributed by atoms with E-state index in [1.54, 1.807) is 24.3 Å². The monoisotopic (exact) mass is 411 g/mol. The van der Waals surface area contributed by atoms with Crippen LogP contribution in [0, 0.1) is 13.8 Å². The first-order valence-corrected chi connectivity index (χ1v) is 9.77. The number of aromatic nitrogens is 3. The van der Waals surface area contributed by atoms with Crippen LogP contribution < -0.4 is 0 Å². The molecule has 0 aliphatic rings. The summed E-state index contributed by atoms with van der Waals surface area (Å²) in [5.74, 6) is 1.03. The summed E-state index contributed by atoms with van der Waals surface area (Å²) < 4.78 is 4.83. The summed E-state index contributed by atoms with van der Waals surface area (Å²) in [6.45, 7) is 3.74. The van der Waals surface area contributed by atoms with Gasteiger partial charge in [-0.1, -0.05) is 42.5 Å². The number of hydrogen-bond donors (Lipinski definition) is 1. The first-order chi connectivity index (χ1) is 15.0. The lowest BCUT2D eigenvalue weighted by Crippen LogP contribution is -2.05. The largest absolute Gasteiger partial charge is 0.507 e.